The second-order valence-electron chi connectivity index (χ2n) is 16.4. The Hall–Kier alpha value is -6.64. The van der Waals surface area contributed by atoms with Crippen LogP contribution in [0.2, 0.25) is 0 Å². The van der Waals surface area contributed by atoms with Gasteiger partial charge in [0.15, 0.2) is 0 Å². The summed E-state index contributed by atoms with van der Waals surface area (Å²) in [6.07, 6.45) is 7.00. The van der Waals surface area contributed by atoms with Crippen molar-refractivity contribution in [2.75, 3.05) is 4.90 Å². The summed E-state index contributed by atoms with van der Waals surface area (Å²) >= 11 is 0. The van der Waals surface area contributed by atoms with E-state index in [0.717, 1.165) is 0 Å². The minimum absolute atomic E-state index is 0.0159. The molecule has 4 heterocycles. The van der Waals surface area contributed by atoms with E-state index in [1.165, 1.54) is 98.9 Å². The molecule has 7 aromatic rings. The Morgan fingerprint density at radius 1 is 0.536 bits per heavy atom. The maximum Gasteiger partial charge on any atom is 0.237 e. The van der Waals surface area contributed by atoms with Gasteiger partial charge < -0.3 is 4.90 Å². The van der Waals surface area contributed by atoms with Crippen LogP contribution in [-0.2, 0) is 0 Å². The summed E-state index contributed by atoms with van der Waals surface area (Å²) in [7, 11) is 0. The van der Waals surface area contributed by atoms with E-state index in [0.29, 0.717) is 0 Å². The number of anilines is 1. The van der Waals surface area contributed by atoms with Gasteiger partial charge >= 0.3 is 0 Å². The van der Waals surface area contributed by atoms with E-state index in [-0.39, 0.29) is 31.3 Å². The molecule has 56 heavy (non-hydrogen) atoms. The third-order valence-corrected chi connectivity index (χ3v) is 14.1. The molecule has 0 bridgehead atoms. The summed E-state index contributed by atoms with van der Waals surface area (Å²) in [6, 6.07) is 62.7. The summed E-state index contributed by atoms with van der Waals surface area (Å²) in [6.45, 7) is 0.390. The molecular weight excluding hydrogens is 674 g/mol. The van der Waals surface area contributed by atoms with Gasteiger partial charge in [0.25, 0.3) is 0 Å². The SMILES string of the molecule is C1=CC2=[N+](c3ccccc3)C3=c4cccc5c4=c4c(cccc4=C4B(c6ccccc6)c6cccc7c6B(c6ccccc6-7)C45)C3N3c4ccccc4C(=C1)C23. The smallest absolute Gasteiger partial charge is 0.237 e. The normalized spacial score (nSPS) is 20.5. The molecule has 0 N–H and O–H groups in total. The third-order valence-electron chi connectivity index (χ3n) is 14.1. The molecule has 256 valence electrons. The zero-order valence-electron chi connectivity index (χ0n) is 30.6. The quantitative estimate of drug-likeness (QED) is 0.158. The van der Waals surface area contributed by atoms with Crippen LogP contribution in [0.1, 0.15) is 28.5 Å². The topological polar surface area (TPSA) is 6.25 Å². The number of allylic oxidation sites excluding steroid dienone is 2. The molecule has 3 atom stereocenters. The maximum atomic E-state index is 2.76. The molecular formula is C52H33B2N2+. The molecule has 0 saturated carbocycles. The van der Waals surface area contributed by atoms with E-state index in [1.807, 2.05) is 0 Å². The number of para-hydroxylation sites is 2. The fourth-order valence-electron chi connectivity index (χ4n) is 12.3. The summed E-state index contributed by atoms with van der Waals surface area (Å²) in [5.41, 5.74) is 21.0. The lowest BCUT2D eigenvalue weighted by Gasteiger charge is -2.43. The van der Waals surface area contributed by atoms with Crippen LogP contribution >= 0.6 is 0 Å². The highest BCUT2D eigenvalue weighted by Gasteiger charge is 2.56. The van der Waals surface area contributed by atoms with Crippen molar-refractivity contribution in [2.24, 2.45) is 0 Å². The highest BCUT2D eigenvalue weighted by Crippen LogP contribution is 2.53. The molecule has 3 aliphatic carbocycles. The standard InChI is InChI=1S/C52H33B2N2/c1-3-15-31(16-4-1)53-42-28-13-21-35-33-19-7-9-27-41(33)54(47(35)42)49-38-24-12-25-39-46(38)45-37(48(49)53)23-11-26-40(45)52-51(39)55(32-17-5-2-6-18-32)44-30-14-22-36-34-20-8-10-29-43(34)56(52)50(36)44/h1-30,49-50,52H/q+1. The van der Waals surface area contributed by atoms with Crippen molar-refractivity contribution in [1.82, 2.24) is 0 Å². The van der Waals surface area contributed by atoms with Gasteiger partial charge in [-0.2, -0.15) is 4.58 Å². The average molecular weight is 707 g/mol. The van der Waals surface area contributed by atoms with Gasteiger partial charge in [-0.1, -0.05) is 179 Å². The molecule has 7 aromatic carbocycles. The van der Waals surface area contributed by atoms with Crippen molar-refractivity contribution in [3.8, 4) is 11.1 Å². The van der Waals surface area contributed by atoms with E-state index in [4.69, 9.17) is 0 Å². The van der Waals surface area contributed by atoms with E-state index >= 15 is 0 Å². The molecule has 7 aliphatic rings. The molecule has 0 fully saturated rings. The van der Waals surface area contributed by atoms with E-state index in [2.05, 4.69) is 191 Å². The van der Waals surface area contributed by atoms with Gasteiger partial charge in [0, 0.05) is 29.5 Å². The van der Waals surface area contributed by atoms with Gasteiger partial charge in [-0.3, -0.25) is 0 Å². The van der Waals surface area contributed by atoms with E-state index < -0.39 is 0 Å². The monoisotopic (exact) mass is 707 g/mol. The molecule has 0 aromatic heterocycles. The van der Waals surface area contributed by atoms with Crippen LogP contribution in [0, 0.1) is 10.4 Å². The highest BCUT2D eigenvalue weighted by atomic mass is 15.3. The molecule has 0 saturated heterocycles. The third kappa shape index (κ3) is 3.47. The van der Waals surface area contributed by atoms with E-state index in [1.54, 1.807) is 5.47 Å². The molecule has 4 heteroatoms. The number of hydrogen-bond donors (Lipinski definition) is 0. The Bertz CT molecular complexity index is 3290. The van der Waals surface area contributed by atoms with Crippen LogP contribution in [0.5, 0.6) is 0 Å². The van der Waals surface area contributed by atoms with Gasteiger partial charge in [-0.15, -0.1) is 0 Å². The van der Waals surface area contributed by atoms with Gasteiger partial charge in [-0.05, 0) is 61.4 Å². The molecule has 3 unspecified atom stereocenters. The number of benzene rings is 7. The van der Waals surface area contributed by atoms with Crippen LogP contribution < -0.4 is 37.2 Å². The minimum atomic E-state index is 0.0159. The largest absolute Gasteiger partial charge is 0.337 e. The highest BCUT2D eigenvalue weighted by molar-refractivity contribution is 7.10. The Morgan fingerprint density at radius 3 is 2.09 bits per heavy atom. The molecule has 0 amide bonds. The molecule has 0 radical (unpaired) electrons. The van der Waals surface area contributed by atoms with Gasteiger partial charge in [0.1, 0.15) is 12.1 Å². The van der Waals surface area contributed by atoms with E-state index in [9.17, 15) is 0 Å². The van der Waals surface area contributed by atoms with Crippen LogP contribution in [0.25, 0.3) is 27.9 Å². The average Bonchev–Trinajstić information content (AvgIpc) is 3.79. The van der Waals surface area contributed by atoms with Crippen molar-refractivity contribution in [2.45, 2.75) is 17.9 Å². The molecule has 14 rings (SSSR count). The summed E-state index contributed by atoms with van der Waals surface area (Å²) < 4.78 is 2.64. The fraction of sp³-hybridized carbons (Fsp3) is 0.0577. The summed E-state index contributed by atoms with van der Waals surface area (Å²) in [5, 5.41) is 5.64. The Balaban J connectivity index is 1.20. The van der Waals surface area contributed by atoms with Crippen molar-refractivity contribution >= 4 is 69.1 Å². The zero-order chi connectivity index (χ0) is 36.2. The van der Waals surface area contributed by atoms with Gasteiger partial charge in [-0.25, -0.2) is 0 Å². The van der Waals surface area contributed by atoms with Crippen LogP contribution in [-0.4, -0.2) is 29.8 Å². The maximum absolute atomic E-state index is 2.76. The number of rotatable bonds is 2. The number of hydrogen-bond acceptors (Lipinski definition) is 1. The van der Waals surface area contributed by atoms with Crippen molar-refractivity contribution in [3.05, 3.63) is 220 Å². The van der Waals surface area contributed by atoms with Crippen LogP contribution in [0.15, 0.2) is 182 Å². The predicted molar refractivity (Wildman–Crippen MR) is 232 cm³/mol. The lowest BCUT2D eigenvalue weighted by atomic mass is 9.17. The van der Waals surface area contributed by atoms with Gasteiger partial charge in [0.2, 0.25) is 30.5 Å². The van der Waals surface area contributed by atoms with Gasteiger partial charge in [0.05, 0.1) is 5.22 Å². The summed E-state index contributed by atoms with van der Waals surface area (Å²) in [4.78, 5) is 2.76. The molecule has 4 aliphatic heterocycles. The lowest BCUT2D eigenvalue weighted by Crippen LogP contribution is -2.66. The summed E-state index contributed by atoms with van der Waals surface area (Å²) in [5.74, 6) is 0.193. The Kier molecular flexibility index (Phi) is 5.60. The fourth-order valence-corrected chi connectivity index (χ4v) is 12.3. The Labute approximate surface area is 325 Å². The molecule has 2 nitrogen and oxygen atoms in total. The minimum Gasteiger partial charge on any atom is -0.337 e. The van der Waals surface area contributed by atoms with Crippen LogP contribution in [0.3, 0.4) is 0 Å². The molecule has 0 spiro atoms. The van der Waals surface area contributed by atoms with Crippen LogP contribution in [0.4, 0.5) is 11.4 Å². The van der Waals surface area contributed by atoms with Crippen molar-refractivity contribution in [1.29, 1.82) is 0 Å². The lowest BCUT2D eigenvalue weighted by molar-refractivity contribution is -0.346. The number of fused-ring (bicyclic) bond motifs is 12. The predicted octanol–water partition coefficient (Wildman–Crippen LogP) is 6.02. The number of nitrogens with zero attached hydrogens (tertiary/aromatic N) is 2. The van der Waals surface area contributed by atoms with Crippen molar-refractivity contribution < 1.29 is 4.58 Å². The first kappa shape index (κ1) is 29.7. The second-order valence-corrected chi connectivity index (χ2v) is 16.4. The first-order valence-electron chi connectivity index (χ1n) is 20.1. The van der Waals surface area contributed by atoms with Crippen molar-refractivity contribution in [3.63, 3.8) is 0 Å². The first-order valence-corrected chi connectivity index (χ1v) is 20.1. The first-order chi connectivity index (χ1) is 27.9. The Morgan fingerprint density at radius 2 is 1.21 bits per heavy atom. The second kappa shape index (κ2) is 10.6. The zero-order valence-corrected chi connectivity index (χ0v) is 30.6.